The van der Waals surface area contributed by atoms with Crippen LogP contribution in [0.3, 0.4) is 0 Å². The molecule has 1 aromatic rings. The van der Waals surface area contributed by atoms with Crippen LogP contribution in [0.25, 0.3) is 0 Å². The van der Waals surface area contributed by atoms with Crippen molar-refractivity contribution in [2.24, 2.45) is 0 Å². The third kappa shape index (κ3) is 2.85. The fourth-order valence-corrected chi connectivity index (χ4v) is 0.666. The van der Waals surface area contributed by atoms with E-state index < -0.39 is 6.50 Å². The van der Waals surface area contributed by atoms with Gasteiger partial charge in [-0.15, -0.1) is 12.4 Å². The molecule has 0 heterocycles. The Morgan fingerprint density at radius 2 is 2.00 bits per heavy atom. The van der Waals surface area contributed by atoms with Gasteiger partial charge in [-0.2, -0.15) is 0 Å². The molecule has 0 saturated heterocycles. The Labute approximate surface area is 70.7 Å². The van der Waals surface area contributed by atoms with Gasteiger partial charge in [0.1, 0.15) is 0 Å². The Morgan fingerprint density at radius 3 is 2.50 bits per heavy atom. The van der Waals surface area contributed by atoms with Gasteiger partial charge >= 0.3 is 0 Å². The van der Waals surface area contributed by atoms with Crippen molar-refractivity contribution in [3.05, 3.63) is 35.9 Å². The first-order valence-electron chi connectivity index (χ1n) is 3.91. The summed E-state index contributed by atoms with van der Waals surface area (Å²) in [6.07, 6.45) is 0. The fourth-order valence-electron chi connectivity index (χ4n) is 0.666. The van der Waals surface area contributed by atoms with Gasteiger partial charge in [0.25, 0.3) is 0 Å². The summed E-state index contributed by atoms with van der Waals surface area (Å²) in [5.41, 5.74) is 0.655. The van der Waals surface area contributed by atoms with Crippen molar-refractivity contribution in [3.63, 3.8) is 0 Å². The van der Waals surface area contributed by atoms with Crippen molar-refractivity contribution in [2.75, 3.05) is 7.05 Å². The Kier molecular flexibility index (Phi) is 3.27. The fraction of sp³-hybridized carbons (Fsp3) is 0.250. The lowest BCUT2D eigenvalue weighted by molar-refractivity contribution is 0.818. The van der Waals surface area contributed by atoms with Gasteiger partial charge in [-0.3, -0.25) is 0 Å². The van der Waals surface area contributed by atoms with Crippen molar-refractivity contribution >= 4 is 12.4 Å². The lowest BCUT2D eigenvalue weighted by atomic mass is 10.2. The Balaban J connectivity index is 0.00000121. The summed E-state index contributed by atoms with van der Waals surface area (Å²) in [5.74, 6) is 0. The van der Waals surface area contributed by atoms with E-state index in [0.717, 1.165) is 0 Å². The molecule has 0 spiro atoms. The summed E-state index contributed by atoms with van der Waals surface area (Å²) in [5, 5.41) is 2.59. The van der Waals surface area contributed by atoms with E-state index in [1.54, 1.807) is 19.2 Å². The van der Waals surface area contributed by atoms with Gasteiger partial charge < -0.3 is 5.32 Å². The number of halogens is 1. The minimum absolute atomic E-state index is 0. The molecule has 0 unspecified atom stereocenters. The first-order chi connectivity index (χ1) is 5.17. The Bertz CT molecular complexity index is 226. The van der Waals surface area contributed by atoms with Gasteiger partial charge in [0.2, 0.25) is 0 Å². The van der Waals surface area contributed by atoms with Crippen LogP contribution in [0.15, 0.2) is 30.3 Å². The predicted octanol–water partition coefficient (Wildman–Crippen LogP) is 1.83. The number of rotatable bonds is 2. The second kappa shape index (κ2) is 5.27. The molecule has 0 bridgehead atoms. The zero-order valence-electron chi connectivity index (χ0n) is 7.79. The molecule has 1 nitrogen and oxygen atoms in total. The molecule has 0 aliphatic rings. The van der Waals surface area contributed by atoms with E-state index in [4.69, 9.17) is 2.74 Å². The second-order valence-electron chi connectivity index (χ2n) is 1.74. The average molecular weight is 160 g/mol. The van der Waals surface area contributed by atoms with E-state index >= 15 is 0 Å². The van der Waals surface area contributed by atoms with E-state index in [1.807, 2.05) is 18.2 Å². The van der Waals surface area contributed by atoms with Crippen LogP contribution in [0.5, 0.6) is 0 Å². The molecule has 0 aliphatic heterocycles. The first-order valence-corrected chi connectivity index (χ1v) is 2.91. The van der Waals surface area contributed by atoms with Crippen LogP contribution < -0.4 is 5.32 Å². The number of nitrogens with one attached hydrogen (secondary N) is 1. The highest BCUT2D eigenvalue weighted by molar-refractivity contribution is 5.85. The maximum absolute atomic E-state index is 7.47. The lowest BCUT2D eigenvalue weighted by Gasteiger charge is -1.95. The number of hydrogen-bond donors (Lipinski definition) is 1. The monoisotopic (exact) mass is 159 g/mol. The van der Waals surface area contributed by atoms with Crippen LogP contribution in [-0.4, -0.2) is 7.05 Å². The van der Waals surface area contributed by atoms with Crippen molar-refractivity contribution in [1.29, 1.82) is 0 Å². The molecule has 0 fully saturated rings. The second-order valence-corrected chi connectivity index (χ2v) is 1.74. The summed E-state index contributed by atoms with van der Waals surface area (Å²) in [4.78, 5) is 0. The minimum Gasteiger partial charge on any atom is -0.316 e. The van der Waals surface area contributed by atoms with E-state index in [2.05, 4.69) is 5.32 Å². The summed E-state index contributed by atoms with van der Waals surface area (Å²) < 4.78 is 14.9. The minimum atomic E-state index is -1.42. The maximum atomic E-state index is 7.47. The molecular formula is C8H12ClN. The molecule has 1 aromatic carbocycles. The summed E-state index contributed by atoms with van der Waals surface area (Å²) in [6.45, 7) is -1.42. The Morgan fingerprint density at radius 1 is 1.40 bits per heavy atom. The van der Waals surface area contributed by atoms with Gasteiger partial charge in [0.05, 0.1) is 0 Å². The molecule has 0 saturated carbocycles. The van der Waals surface area contributed by atoms with E-state index in [-0.39, 0.29) is 12.4 Å². The van der Waals surface area contributed by atoms with Crippen molar-refractivity contribution in [1.82, 2.24) is 5.32 Å². The lowest BCUT2D eigenvalue weighted by Crippen LogP contribution is -2.04. The van der Waals surface area contributed by atoms with Crippen LogP contribution in [0.1, 0.15) is 8.30 Å². The largest absolute Gasteiger partial charge is 0.316 e. The maximum Gasteiger partial charge on any atom is 0.0479 e. The molecule has 0 aliphatic carbocycles. The third-order valence-electron chi connectivity index (χ3n) is 1.04. The molecule has 1 rings (SSSR count). The quantitative estimate of drug-likeness (QED) is 0.695. The summed E-state index contributed by atoms with van der Waals surface area (Å²) in [6, 6.07) is 9.04. The highest BCUT2D eigenvalue weighted by Crippen LogP contribution is 1.95. The van der Waals surface area contributed by atoms with Crippen LogP contribution >= 0.6 is 12.4 Å². The van der Waals surface area contributed by atoms with Crippen molar-refractivity contribution in [3.8, 4) is 0 Å². The van der Waals surface area contributed by atoms with Gasteiger partial charge in [-0.1, -0.05) is 30.3 Å². The zero-order valence-corrected chi connectivity index (χ0v) is 6.61. The molecule has 0 aromatic heterocycles. The average Bonchev–Trinajstić information content (AvgIpc) is 2.06. The van der Waals surface area contributed by atoms with Crippen molar-refractivity contribution in [2.45, 2.75) is 6.50 Å². The smallest absolute Gasteiger partial charge is 0.0479 e. The normalized spacial score (nSPS) is 12.9. The van der Waals surface area contributed by atoms with Crippen LogP contribution in [0.4, 0.5) is 0 Å². The highest BCUT2D eigenvalue weighted by atomic mass is 35.5. The SMILES string of the molecule is Cl.[2H]C([2H])(NC)c1ccccc1. The highest BCUT2D eigenvalue weighted by Gasteiger charge is 1.83. The van der Waals surface area contributed by atoms with Crippen LogP contribution in [-0.2, 0) is 6.50 Å². The van der Waals surface area contributed by atoms with Gasteiger partial charge in [0, 0.05) is 9.24 Å². The number of hydrogen-bond acceptors (Lipinski definition) is 1. The first kappa shape index (κ1) is 6.20. The molecule has 0 atom stereocenters. The topological polar surface area (TPSA) is 12.0 Å². The van der Waals surface area contributed by atoms with Gasteiger partial charge in [0.15, 0.2) is 0 Å². The molecule has 0 radical (unpaired) electrons. The van der Waals surface area contributed by atoms with Gasteiger partial charge in [-0.25, -0.2) is 0 Å². The van der Waals surface area contributed by atoms with E-state index in [1.165, 1.54) is 0 Å². The molecule has 10 heavy (non-hydrogen) atoms. The number of benzene rings is 1. The molecule has 56 valence electrons. The van der Waals surface area contributed by atoms with Crippen LogP contribution in [0.2, 0.25) is 0 Å². The standard InChI is InChI=1S/C8H11N.ClH/c1-9-7-8-5-3-2-4-6-8;/h2-6,9H,7H2,1H3;1H/i7D2;. The summed E-state index contributed by atoms with van der Waals surface area (Å²) in [7, 11) is 1.60. The van der Waals surface area contributed by atoms with Crippen LogP contribution in [0, 0.1) is 0 Å². The van der Waals surface area contributed by atoms with E-state index in [0.29, 0.717) is 5.56 Å². The molecule has 1 N–H and O–H groups in total. The molecular weight excluding hydrogens is 146 g/mol. The Hall–Kier alpha value is -0.530. The molecule has 2 heteroatoms. The van der Waals surface area contributed by atoms with Crippen molar-refractivity contribution < 1.29 is 2.74 Å². The summed E-state index contributed by atoms with van der Waals surface area (Å²) >= 11 is 0. The van der Waals surface area contributed by atoms with Gasteiger partial charge in [-0.05, 0) is 12.6 Å². The third-order valence-corrected chi connectivity index (χ3v) is 1.04. The predicted molar refractivity (Wildman–Crippen MR) is 46.5 cm³/mol. The van der Waals surface area contributed by atoms with E-state index in [9.17, 15) is 0 Å². The zero-order chi connectivity index (χ0) is 8.32. The molecule has 0 amide bonds.